The van der Waals surface area contributed by atoms with Crippen LogP contribution in [-0.2, 0) is 78.4 Å². The van der Waals surface area contributed by atoms with Crippen LogP contribution in [0, 0.1) is 5.41 Å². The molecule has 4 aromatic carbocycles. The second-order valence-corrected chi connectivity index (χ2v) is 28.7. The van der Waals surface area contributed by atoms with Gasteiger partial charge in [0.1, 0.15) is 66.2 Å². The lowest BCUT2D eigenvalue weighted by molar-refractivity contribution is -0.144. The number of nitrogens with two attached hydrogens (primary N) is 4. The Balaban J connectivity index is 1.28. The van der Waals surface area contributed by atoms with Gasteiger partial charge < -0.3 is 90.8 Å². The highest BCUT2D eigenvalue weighted by atomic mass is 35.5. The maximum atomic E-state index is 15.2. The van der Waals surface area contributed by atoms with E-state index >= 15 is 9.59 Å². The molecule has 0 aliphatic carbocycles. The largest absolute Gasteiger partial charge is 0.508 e. The number of aromatic hydroxyl groups is 1. The number of phenols is 1. The number of hydrogen-bond acceptors (Lipinski definition) is 16. The molecule has 6 rings (SSSR count). The molecule has 1 aromatic heterocycles. The number of carbonyl (C=O) groups excluding carboxylic acids is 12. The van der Waals surface area contributed by atoms with Crippen molar-refractivity contribution in [2.75, 3.05) is 33.3 Å². The number of guanidine groups is 1. The number of rotatable bonds is 41. The van der Waals surface area contributed by atoms with Gasteiger partial charge in [0.25, 0.3) is 0 Å². The molecule has 0 radical (unpaired) electrons. The second kappa shape index (κ2) is 42.4. The van der Waals surface area contributed by atoms with E-state index in [1.54, 1.807) is 36.4 Å². The monoisotopic (exact) mass is 1510 g/mol. The van der Waals surface area contributed by atoms with Gasteiger partial charge in [-0.25, -0.2) is 4.79 Å². The van der Waals surface area contributed by atoms with Crippen LogP contribution < -0.4 is 70.8 Å². The first-order valence-electron chi connectivity index (χ1n) is 36.2. The highest BCUT2D eigenvalue weighted by Gasteiger charge is 2.42. The van der Waals surface area contributed by atoms with Gasteiger partial charge in [0.15, 0.2) is 5.96 Å². The number of likely N-dealkylation sites (tertiary alicyclic amines) is 1. The average molecular weight is 1520 g/mol. The summed E-state index contributed by atoms with van der Waals surface area (Å²) < 4.78 is 0. The topological polar surface area (TPSA) is 489 Å². The number of carbonyl (C=O) groups is 12. The van der Waals surface area contributed by atoms with Crippen molar-refractivity contribution in [2.24, 2.45) is 33.3 Å². The predicted molar refractivity (Wildman–Crippen MR) is 406 cm³/mol. The predicted octanol–water partition coefficient (Wildman–Crippen LogP) is 1.58. The Kier molecular flexibility index (Phi) is 33.8. The van der Waals surface area contributed by atoms with Gasteiger partial charge in [0, 0.05) is 76.7 Å². The van der Waals surface area contributed by atoms with Crippen LogP contribution in [0.1, 0.15) is 128 Å². The molecular weight excluding hydrogens is 1410 g/mol. The maximum Gasteiger partial charge on any atom is 0.312 e. The van der Waals surface area contributed by atoms with E-state index in [0.29, 0.717) is 46.5 Å². The number of halogens is 1. The number of phenolic OH excluding ortho intramolecular Hbond substituents is 1. The van der Waals surface area contributed by atoms with Gasteiger partial charge in [-0.2, -0.15) is 0 Å². The van der Waals surface area contributed by atoms with Crippen molar-refractivity contribution in [3.8, 4) is 5.75 Å². The highest BCUT2D eigenvalue weighted by Crippen LogP contribution is 2.25. The Labute approximate surface area is 633 Å². The van der Waals surface area contributed by atoms with Crippen LogP contribution in [0.15, 0.2) is 121 Å². The van der Waals surface area contributed by atoms with Crippen molar-refractivity contribution in [2.45, 2.75) is 191 Å². The Morgan fingerprint density at radius 3 is 1.72 bits per heavy atom. The molecule has 0 spiro atoms. The summed E-state index contributed by atoms with van der Waals surface area (Å²) in [5.74, 6) is -9.14. The van der Waals surface area contributed by atoms with E-state index < -0.39 is 143 Å². The van der Waals surface area contributed by atoms with Crippen molar-refractivity contribution >= 4 is 99.3 Å². The number of likely N-dealkylation sites (N-methyl/N-ethyl adjacent to an activating group) is 1. The zero-order valence-electron chi connectivity index (χ0n) is 61.9. The van der Waals surface area contributed by atoms with Crippen LogP contribution in [0.5, 0.6) is 5.75 Å². The van der Waals surface area contributed by atoms with E-state index in [4.69, 9.17) is 34.5 Å². The molecule has 108 heavy (non-hydrogen) atoms. The minimum atomic E-state index is -1.83. The van der Waals surface area contributed by atoms with Crippen molar-refractivity contribution in [1.29, 1.82) is 0 Å². The Morgan fingerprint density at radius 2 is 1.14 bits per heavy atom. The molecule has 0 bridgehead atoms. The lowest BCUT2D eigenvalue weighted by Crippen LogP contribution is -2.61. The van der Waals surface area contributed by atoms with E-state index in [1.807, 2.05) is 70.2 Å². The third kappa shape index (κ3) is 28.1. The van der Waals surface area contributed by atoms with Crippen molar-refractivity contribution in [3.63, 3.8) is 0 Å². The van der Waals surface area contributed by atoms with Crippen LogP contribution in [0.3, 0.4) is 0 Å². The minimum absolute atomic E-state index is 0.0270. The number of aromatic nitrogens is 1. The average Bonchev–Trinajstić information content (AvgIpc) is 1.49. The minimum Gasteiger partial charge on any atom is -0.508 e. The second-order valence-electron chi connectivity index (χ2n) is 28.2. The molecule has 13 amide bonds. The molecule has 5 aromatic rings. The van der Waals surface area contributed by atoms with Crippen molar-refractivity contribution in [3.05, 3.63) is 143 Å². The summed E-state index contributed by atoms with van der Waals surface area (Å²) in [6, 6.07) is 13.9. The van der Waals surface area contributed by atoms with E-state index in [9.17, 15) is 58.2 Å². The van der Waals surface area contributed by atoms with Gasteiger partial charge in [0.05, 0.1) is 6.61 Å². The normalized spacial score (nSPS) is 15.1. The van der Waals surface area contributed by atoms with Crippen LogP contribution in [0.4, 0.5) is 4.79 Å². The van der Waals surface area contributed by atoms with Gasteiger partial charge in [-0.3, -0.25) is 62.7 Å². The standard InChI is InChI=1S/C76H104ClN17O14/c1-7-8-19-54(66(100)88-56(21-14-35-83-74(79)80)73(107)94-36-15-22-62(94)70(104)91-60(64(78)98)42-76(3,4)5)86-65(99)55(20-11-12-34-84-75(81)108)87-71(105)63(41-47-26-31-53(97)32-27-47)93(6)72(106)61(44-95)92-69(103)59(40-49-16-13-33-82-43-49)90-68(102)58(38-46-24-29-52(77)30-25-46)89-67(101)57(85-45(2)96)39-48-23-28-50-17-9-10-18-51(50)37-48/h9-10,13,16-18,23-33,37,43,54-63,95,97H,7-8,11-12,14-15,19-22,34-36,38-42,44H2,1-6H3,(H2,78,98)(H,85,96)(H,86,99)(H,87,105)(H,88,100)(H,89,101)(H,90,102)(H,91,104)(H,92,103)(H4,79,80,83)(H3,81,84,108)/t54-,55+,56-,57+,58+,59+,60+,61-,62-,63-/m0/s1. The number of aliphatic imine (C=N–C) groups is 1. The van der Waals surface area contributed by atoms with Crippen LogP contribution in [-0.4, -0.2) is 196 Å². The van der Waals surface area contributed by atoms with Crippen LogP contribution in [0.2, 0.25) is 5.02 Å². The third-order valence-electron chi connectivity index (χ3n) is 18.2. The molecule has 10 atom stereocenters. The maximum absolute atomic E-state index is 15.2. The van der Waals surface area contributed by atoms with Gasteiger partial charge in [-0.1, -0.05) is 125 Å². The van der Waals surface area contributed by atoms with Gasteiger partial charge in [-0.15, -0.1) is 0 Å². The van der Waals surface area contributed by atoms with Gasteiger partial charge in [0.2, 0.25) is 65.0 Å². The molecule has 19 N–H and O–H groups in total. The number of unbranched alkanes of at least 4 members (excludes halogenated alkanes) is 2. The van der Waals surface area contributed by atoms with Gasteiger partial charge in [-0.05, 0) is 127 Å². The molecule has 0 unspecified atom stereocenters. The zero-order valence-corrected chi connectivity index (χ0v) is 62.7. The fourth-order valence-corrected chi connectivity index (χ4v) is 12.7. The summed E-state index contributed by atoms with van der Waals surface area (Å²) in [7, 11) is 1.22. The van der Waals surface area contributed by atoms with E-state index in [-0.39, 0.29) is 108 Å². The summed E-state index contributed by atoms with van der Waals surface area (Å²) in [6.45, 7) is 7.91. The molecule has 1 aliphatic rings. The number of pyridine rings is 1. The molecule has 31 nitrogen and oxygen atoms in total. The number of nitrogens with one attached hydrogen (secondary N) is 9. The summed E-state index contributed by atoms with van der Waals surface area (Å²) in [4.78, 5) is 180. The molecule has 1 aliphatic heterocycles. The van der Waals surface area contributed by atoms with Crippen molar-refractivity contribution < 1.29 is 67.7 Å². The Morgan fingerprint density at radius 1 is 0.602 bits per heavy atom. The smallest absolute Gasteiger partial charge is 0.312 e. The number of nitrogens with zero attached hydrogens (tertiary/aromatic N) is 4. The molecule has 1 saturated heterocycles. The quantitative estimate of drug-likeness (QED) is 0.0150. The highest BCUT2D eigenvalue weighted by molar-refractivity contribution is 6.30. The SMILES string of the molecule is CCCC[C@H](NC(=O)[C@@H](CCCCNC(N)=O)NC(=O)[C@H](Cc1ccc(O)cc1)N(C)C(=O)[C@H](CO)NC(=O)[C@@H](Cc1cccnc1)NC(=O)[C@@H](Cc1ccc(Cl)cc1)NC(=O)[C@@H](Cc1ccc2ccccc2c1)NC(C)=O)C(=O)N[C@@H](CCCN=C(N)N)C(=O)N1CCC[C@H]1C(=O)N[C@H](CC(C)(C)C)C(N)=O. The van der Waals surface area contributed by atoms with E-state index in [2.05, 4.69) is 57.8 Å². The summed E-state index contributed by atoms with van der Waals surface area (Å²) in [5, 5.41) is 47.9. The third-order valence-corrected chi connectivity index (χ3v) is 18.5. The lowest BCUT2D eigenvalue weighted by Gasteiger charge is -2.33. The molecule has 1 fully saturated rings. The summed E-state index contributed by atoms with van der Waals surface area (Å²) >= 11 is 6.25. The van der Waals surface area contributed by atoms with E-state index in [1.165, 1.54) is 55.5 Å². The summed E-state index contributed by atoms with van der Waals surface area (Å²) in [6.07, 6.45) is 4.46. The molecule has 2 heterocycles. The van der Waals surface area contributed by atoms with E-state index in [0.717, 1.165) is 15.7 Å². The van der Waals surface area contributed by atoms with Crippen LogP contribution in [0.25, 0.3) is 10.8 Å². The Hall–Kier alpha value is -10.9. The van der Waals surface area contributed by atoms with Crippen molar-refractivity contribution in [1.82, 2.24) is 62.6 Å². The molecular formula is C76H104ClN17O14. The number of fused-ring (bicyclic) bond motifs is 1. The number of aliphatic hydroxyl groups is 1. The van der Waals surface area contributed by atoms with Gasteiger partial charge >= 0.3 is 6.03 Å². The molecule has 0 saturated carbocycles. The molecule has 32 heteroatoms. The first-order valence-corrected chi connectivity index (χ1v) is 36.6. The zero-order chi connectivity index (χ0) is 79.2. The number of amides is 13. The number of primary amides is 2. The molecule has 584 valence electrons. The number of urea groups is 1. The fourth-order valence-electron chi connectivity index (χ4n) is 12.6. The fraction of sp³-hybridized carbons (Fsp3) is 0.474. The first-order chi connectivity index (χ1) is 51.3. The number of aliphatic hydroxyl groups excluding tert-OH is 1. The summed E-state index contributed by atoms with van der Waals surface area (Å²) in [5.41, 5.74) is 23.9. The number of benzene rings is 4. The lowest BCUT2D eigenvalue weighted by atomic mass is 9.87. The first kappa shape index (κ1) is 86.0. The van der Waals surface area contributed by atoms with Crippen LogP contribution >= 0.6 is 11.6 Å². The Bertz CT molecular complexity index is 3940. The number of hydrogen-bond donors (Lipinski definition) is 15.